The van der Waals surface area contributed by atoms with Gasteiger partial charge in [-0.05, 0) is 42.9 Å². The molecular weight excluding hydrogens is 401 g/mol. The van der Waals surface area contributed by atoms with Gasteiger partial charge in [-0.2, -0.15) is 0 Å². The van der Waals surface area contributed by atoms with Gasteiger partial charge in [0.1, 0.15) is 5.82 Å². The molecule has 2 aromatic rings. The Morgan fingerprint density at radius 2 is 1.93 bits per heavy atom. The number of carboxylic acids is 1. The molecule has 1 fully saturated rings. The minimum Gasteiger partial charge on any atom is -0.481 e. The first-order chi connectivity index (χ1) is 13.9. The number of carboxylic acid groups (broad SMARTS) is 1. The number of halogens is 2. The molecule has 0 atom stereocenters. The highest BCUT2D eigenvalue weighted by Crippen LogP contribution is 2.23. The van der Waals surface area contributed by atoms with Gasteiger partial charge in [-0.3, -0.25) is 4.79 Å². The maximum Gasteiger partial charge on any atom is 0.338 e. The summed E-state index contributed by atoms with van der Waals surface area (Å²) < 4.78 is 19.1. The van der Waals surface area contributed by atoms with Crippen LogP contribution in [0.1, 0.15) is 35.2 Å². The molecule has 1 N–H and O–H groups in total. The number of hydrogen-bond acceptors (Lipinski definition) is 6. The number of piperidine rings is 1. The fourth-order valence-corrected chi connectivity index (χ4v) is 3.37. The zero-order chi connectivity index (χ0) is 20.8. The van der Waals surface area contributed by atoms with Crippen LogP contribution in [0.2, 0.25) is 5.02 Å². The number of rotatable bonds is 7. The first kappa shape index (κ1) is 21.0. The molecule has 0 unspecified atom stereocenters. The van der Waals surface area contributed by atoms with Gasteiger partial charge in [-0.15, -0.1) is 0 Å². The molecule has 7 nitrogen and oxygen atoms in total. The molecule has 154 valence electrons. The summed E-state index contributed by atoms with van der Waals surface area (Å²) in [4.78, 5) is 33.3. The summed E-state index contributed by atoms with van der Waals surface area (Å²) in [6.07, 6.45) is 5.31. The maximum atomic E-state index is 13.9. The van der Waals surface area contributed by atoms with Crippen molar-refractivity contribution in [3.63, 3.8) is 0 Å². The van der Waals surface area contributed by atoms with Crippen LogP contribution in [-0.2, 0) is 16.0 Å². The molecule has 2 heterocycles. The van der Waals surface area contributed by atoms with Crippen LogP contribution in [0.3, 0.4) is 0 Å². The Bertz CT molecular complexity index is 871. The van der Waals surface area contributed by atoms with Crippen molar-refractivity contribution in [3.05, 3.63) is 52.6 Å². The Morgan fingerprint density at radius 3 is 2.55 bits per heavy atom. The molecule has 1 aliphatic heterocycles. The summed E-state index contributed by atoms with van der Waals surface area (Å²) in [5.74, 6) is -1.39. The molecule has 0 radical (unpaired) electrons. The van der Waals surface area contributed by atoms with Gasteiger partial charge < -0.3 is 14.7 Å². The highest BCUT2D eigenvalue weighted by Gasteiger charge is 2.21. The predicted molar refractivity (Wildman–Crippen MR) is 105 cm³/mol. The lowest BCUT2D eigenvalue weighted by atomic mass is 9.94. The van der Waals surface area contributed by atoms with E-state index in [0.29, 0.717) is 16.9 Å². The zero-order valence-corrected chi connectivity index (χ0v) is 16.4. The number of benzene rings is 1. The smallest absolute Gasteiger partial charge is 0.338 e. The van der Waals surface area contributed by atoms with Gasteiger partial charge in [0.05, 0.1) is 36.0 Å². The van der Waals surface area contributed by atoms with Crippen molar-refractivity contribution >= 4 is 29.5 Å². The normalized spacial score (nSPS) is 14.6. The van der Waals surface area contributed by atoms with E-state index in [0.717, 1.165) is 38.4 Å². The molecule has 0 bridgehead atoms. The number of ether oxygens (including phenoxy) is 1. The van der Waals surface area contributed by atoms with E-state index in [-0.39, 0.29) is 17.7 Å². The third-order valence-corrected chi connectivity index (χ3v) is 5.09. The van der Waals surface area contributed by atoms with Crippen LogP contribution in [0, 0.1) is 11.7 Å². The SMILES string of the molecule is O=C(O)Cc1ccc(C(=O)OCCC2CCN(c3ncc(Cl)cn3)CC2)cc1F. The molecular formula is C20H21ClFN3O4. The van der Waals surface area contributed by atoms with Crippen LogP contribution in [0.4, 0.5) is 10.3 Å². The summed E-state index contributed by atoms with van der Waals surface area (Å²) in [7, 11) is 0. The number of carbonyl (C=O) groups excluding carboxylic acids is 1. The topological polar surface area (TPSA) is 92.6 Å². The quantitative estimate of drug-likeness (QED) is 0.685. The average Bonchev–Trinajstić information content (AvgIpc) is 2.70. The van der Waals surface area contributed by atoms with E-state index in [4.69, 9.17) is 21.4 Å². The molecule has 29 heavy (non-hydrogen) atoms. The third kappa shape index (κ3) is 5.87. The third-order valence-electron chi connectivity index (χ3n) is 4.89. The Labute approximate surface area is 172 Å². The number of anilines is 1. The van der Waals surface area contributed by atoms with E-state index in [1.807, 2.05) is 0 Å². The second-order valence-corrected chi connectivity index (χ2v) is 7.37. The van der Waals surface area contributed by atoms with E-state index >= 15 is 0 Å². The zero-order valence-electron chi connectivity index (χ0n) is 15.7. The highest BCUT2D eigenvalue weighted by molar-refractivity contribution is 6.30. The summed E-state index contributed by atoms with van der Waals surface area (Å²) in [5.41, 5.74) is 0.108. The monoisotopic (exact) mass is 421 g/mol. The number of hydrogen-bond donors (Lipinski definition) is 1. The predicted octanol–water partition coefficient (Wildman–Crippen LogP) is 3.36. The van der Waals surface area contributed by atoms with Crippen molar-refractivity contribution in [2.24, 2.45) is 5.92 Å². The van der Waals surface area contributed by atoms with E-state index in [1.54, 1.807) is 12.4 Å². The van der Waals surface area contributed by atoms with Gasteiger partial charge in [0.15, 0.2) is 0 Å². The van der Waals surface area contributed by atoms with Crippen LogP contribution in [0.25, 0.3) is 0 Å². The van der Waals surface area contributed by atoms with Crippen LogP contribution >= 0.6 is 11.6 Å². The van der Waals surface area contributed by atoms with E-state index in [2.05, 4.69) is 14.9 Å². The van der Waals surface area contributed by atoms with Gasteiger partial charge in [-0.1, -0.05) is 17.7 Å². The van der Waals surface area contributed by atoms with Crippen molar-refractivity contribution in [3.8, 4) is 0 Å². The standard InChI is InChI=1S/C20H21ClFN3O4/c21-16-11-23-20(24-12-16)25-6-3-13(4-7-25)5-8-29-19(28)15-2-1-14(10-18(26)27)17(22)9-15/h1-2,9,11-13H,3-8,10H2,(H,26,27). The molecule has 0 saturated carbocycles. The lowest BCUT2D eigenvalue weighted by Gasteiger charge is -2.31. The molecule has 0 spiro atoms. The van der Waals surface area contributed by atoms with Gasteiger partial charge in [0.2, 0.25) is 5.95 Å². The number of aromatic nitrogens is 2. The van der Waals surface area contributed by atoms with Gasteiger partial charge in [-0.25, -0.2) is 19.2 Å². The maximum absolute atomic E-state index is 13.9. The summed E-state index contributed by atoms with van der Waals surface area (Å²) in [6.45, 7) is 1.88. The Hall–Kier alpha value is -2.74. The lowest BCUT2D eigenvalue weighted by Crippen LogP contribution is -2.35. The summed E-state index contributed by atoms with van der Waals surface area (Å²) >= 11 is 5.81. The molecule has 0 aliphatic carbocycles. The van der Waals surface area contributed by atoms with Crippen molar-refractivity contribution < 1.29 is 23.8 Å². The van der Waals surface area contributed by atoms with E-state index < -0.39 is 24.2 Å². The Balaban J connectivity index is 1.42. The fourth-order valence-electron chi connectivity index (χ4n) is 3.27. The first-order valence-electron chi connectivity index (χ1n) is 9.32. The number of aliphatic carboxylic acids is 1. The van der Waals surface area contributed by atoms with Gasteiger partial charge in [0, 0.05) is 13.1 Å². The summed E-state index contributed by atoms with van der Waals surface area (Å²) in [6, 6.07) is 3.70. The van der Waals surface area contributed by atoms with E-state index in [9.17, 15) is 14.0 Å². The number of esters is 1. The molecule has 3 rings (SSSR count). The van der Waals surface area contributed by atoms with Crippen molar-refractivity contribution in [1.29, 1.82) is 0 Å². The van der Waals surface area contributed by atoms with E-state index in [1.165, 1.54) is 12.1 Å². The second-order valence-electron chi connectivity index (χ2n) is 6.93. The molecule has 1 aliphatic rings. The molecule has 1 aromatic heterocycles. The number of carbonyl (C=O) groups is 2. The fraction of sp³-hybridized carbons (Fsp3) is 0.400. The molecule has 0 amide bonds. The Kier molecular flexibility index (Phi) is 6.98. The van der Waals surface area contributed by atoms with Crippen LogP contribution in [0.15, 0.2) is 30.6 Å². The Morgan fingerprint density at radius 1 is 1.24 bits per heavy atom. The van der Waals surface area contributed by atoms with Gasteiger partial charge >= 0.3 is 11.9 Å². The molecule has 9 heteroatoms. The van der Waals surface area contributed by atoms with Crippen LogP contribution < -0.4 is 4.90 Å². The molecule has 1 saturated heterocycles. The lowest BCUT2D eigenvalue weighted by molar-refractivity contribution is -0.136. The molecule has 1 aromatic carbocycles. The van der Waals surface area contributed by atoms with Crippen molar-refractivity contribution in [1.82, 2.24) is 9.97 Å². The average molecular weight is 422 g/mol. The highest BCUT2D eigenvalue weighted by atomic mass is 35.5. The summed E-state index contributed by atoms with van der Waals surface area (Å²) in [5, 5.41) is 9.23. The number of nitrogens with zero attached hydrogens (tertiary/aromatic N) is 3. The van der Waals surface area contributed by atoms with Crippen molar-refractivity contribution in [2.45, 2.75) is 25.7 Å². The van der Waals surface area contributed by atoms with Crippen LogP contribution in [-0.4, -0.2) is 46.7 Å². The van der Waals surface area contributed by atoms with Crippen molar-refractivity contribution in [2.75, 3.05) is 24.6 Å². The second kappa shape index (κ2) is 9.65. The minimum atomic E-state index is -1.13. The van der Waals surface area contributed by atoms with Crippen LogP contribution in [0.5, 0.6) is 0 Å². The minimum absolute atomic E-state index is 0.0328. The van der Waals surface area contributed by atoms with Gasteiger partial charge in [0.25, 0.3) is 0 Å². The first-order valence-corrected chi connectivity index (χ1v) is 9.70. The largest absolute Gasteiger partial charge is 0.481 e.